The Morgan fingerprint density at radius 1 is 1.12 bits per heavy atom. The number of sulfone groups is 1. The topological polar surface area (TPSA) is 46.2 Å². The molecule has 1 atom stereocenters. The molecule has 0 saturated carbocycles. The second-order valence-corrected chi connectivity index (χ2v) is 6.96. The van der Waals surface area contributed by atoms with Crippen molar-refractivity contribution in [3.63, 3.8) is 0 Å². The fraction of sp³-hybridized carbons (Fsp3) is 1.00. The summed E-state index contributed by atoms with van der Waals surface area (Å²) in [6.45, 7) is 9.05. The molecular weight excluding hydrogens is 222 g/mol. The monoisotopic (exact) mass is 249 g/mol. The van der Waals surface area contributed by atoms with E-state index in [4.69, 9.17) is 0 Å². The molecule has 3 nitrogen and oxygen atoms in total. The summed E-state index contributed by atoms with van der Waals surface area (Å²) in [4.78, 5) is 0. The highest BCUT2D eigenvalue weighted by molar-refractivity contribution is 7.91. The smallest absolute Gasteiger partial charge is 0.151 e. The highest BCUT2D eigenvalue weighted by Crippen LogP contribution is 2.08. The number of unbranched alkanes of at least 4 members (excludes halogenated alkanes) is 2. The Balaban J connectivity index is 4.19. The van der Waals surface area contributed by atoms with Crippen molar-refractivity contribution in [3.8, 4) is 0 Å². The summed E-state index contributed by atoms with van der Waals surface area (Å²) in [5.74, 6) is 0.985. The normalized spacial score (nSPS) is 14.3. The third-order valence-corrected chi connectivity index (χ3v) is 4.54. The summed E-state index contributed by atoms with van der Waals surface area (Å²) in [7, 11) is -2.88. The Morgan fingerprint density at radius 3 is 2.19 bits per heavy atom. The molecule has 0 heterocycles. The molecule has 0 saturated heterocycles. The van der Waals surface area contributed by atoms with Gasteiger partial charge in [0.1, 0.15) is 0 Å². The maximum atomic E-state index is 11.9. The summed E-state index contributed by atoms with van der Waals surface area (Å²) >= 11 is 0. The van der Waals surface area contributed by atoms with Crippen LogP contribution >= 0.6 is 0 Å². The van der Waals surface area contributed by atoms with Crippen LogP contribution in [0.5, 0.6) is 0 Å². The number of rotatable bonds is 9. The molecule has 0 aliphatic rings. The number of hydrogen-bond acceptors (Lipinski definition) is 3. The molecule has 0 bridgehead atoms. The third kappa shape index (κ3) is 7.23. The van der Waals surface area contributed by atoms with Gasteiger partial charge in [-0.3, -0.25) is 0 Å². The number of hydrogen-bond donors (Lipinski definition) is 1. The van der Waals surface area contributed by atoms with Crippen molar-refractivity contribution in [1.29, 1.82) is 0 Å². The van der Waals surface area contributed by atoms with E-state index in [-0.39, 0.29) is 11.8 Å². The fourth-order valence-corrected chi connectivity index (χ4v) is 3.54. The van der Waals surface area contributed by atoms with Crippen LogP contribution in [0.2, 0.25) is 0 Å². The Morgan fingerprint density at radius 2 is 1.75 bits per heavy atom. The average molecular weight is 249 g/mol. The minimum absolute atomic E-state index is 0.0941. The Kier molecular flexibility index (Phi) is 8.02. The van der Waals surface area contributed by atoms with E-state index >= 15 is 0 Å². The predicted octanol–water partition coefficient (Wildman–Crippen LogP) is 2.23. The molecule has 4 heteroatoms. The molecule has 16 heavy (non-hydrogen) atoms. The molecule has 0 aliphatic heterocycles. The minimum atomic E-state index is -2.88. The van der Waals surface area contributed by atoms with E-state index in [2.05, 4.69) is 26.1 Å². The van der Waals surface area contributed by atoms with Crippen LogP contribution in [-0.4, -0.2) is 32.5 Å². The molecule has 0 aliphatic carbocycles. The first-order valence-corrected chi connectivity index (χ1v) is 8.18. The maximum absolute atomic E-state index is 11.9. The van der Waals surface area contributed by atoms with Gasteiger partial charge in [-0.25, -0.2) is 8.42 Å². The molecule has 0 aromatic carbocycles. The van der Waals surface area contributed by atoms with Crippen LogP contribution in [0.25, 0.3) is 0 Å². The van der Waals surface area contributed by atoms with E-state index in [1.807, 2.05) is 6.92 Å². The van der Waals surface area contributed by atoms with E-state index in [9.17, 15) is 8.42 Å². The van der Waals surface area contributed by atoms with Gasteiger partial charge in [0.15, 0.2) is 9.84 Å². The van der Waals surface area contributed by atoms with Crippen molar-refractivity contribution in [1.82, 2.24) is 5.32 Å². The van der Waals surface area contributed by atoms with Crippen molar-refractivity contribution in [2.75, 3.05) is 18.1 Å². The molecular formula is C12H27NO2S. The van der Waals surface area contributed by atoms with Gasteiger partial charge < -0.3 is 5.32 Å². The lowest BCUT2D eigenvalue weighted by molar-refractivity contribution is 0.434. The first kappa shape index (κ1) is 15.9. The third-order valence-electron chi connectivity index (χ3n) is 2.76. The van der Waals surface area contributed by atoms with E-state index in [0.717, 1.165) is 25.8 Å². The van der Waals surface area contributed by atoms with Gasteiger partial charge in [-0.1, -0.05) is 40.5 Å². The van der Waals surface area contributed by atoms with Gasteiger partial charge in [0, 0.05) is 6.04 Å². The zero-order valence-electron chi connectivity index (χ0n) is 11.1. The van der Waals surface area contributed by atoms with Gasteiger partial charge in [-0.05, 0) is 18.9 Å². The molecule has 1 unspecified atom stereocenters. The minimum Gasteiger partial charge on any atom is -0.313 e. The van der Waals surface area contributed by atoms with Gasteiger partial charge in [0.25, 0.3) is 0 Å². The van der Waals surface area contributed by atoms with Crippen LogP contribution in [0.15, 0.2) is 0 Å². The van der Waals surface area contributed by atoms with E-state index in [0.29, 0.717) is 11.7 Å². The van der Waals surface area contributed by atoms with Crippen LogP contribution < -0.4 is 5.32 Å². The zero-order chi connectivity index (χ0) is 12.6. The predicted molar refractivity (Wildman–Crippen MR) is 70.5 cm³/mol. The summed E-state index contributed by atoms with van der Waals surface area (Å²) in [5, 5.41) is 3.25. The maximum Gasteiger partial charge on any atom is 0.151 e. The van der Waals surface area contributed by atoms with E-state index < -0.39 is 9.84 Å². The van der Waals surface area contributed by atoms with E-state index in [1.165, 1.54) is 0 Å². The van der Waals surface area contributed by atoms with Crippen molar-refractivity contribution >= 4 is 9.84 Å². The first-order chi connectivity index (χ1) is 7.43. The Hall–Kier alpha value is -0.0900. The highest BCUT2D eigenvalue weighted by Gasteiger charge is 2.20. The van der Waals surface area contributed by atoms with Crippen LogP contribution in [0.4, 0.5) is 0 Å². The Bertz CT molecular complexity index is 260. The summed E-state index contributed by atoms with van der Waals surface area (Å²) in [6, 6.07) is 0.0941. The van der Waals surface area contributed by atoms with Crippen molar-refractivity contribution in [2.45, 2.75) is 53.0 Å². The lowest BCUT2D eigenvalue weighted by Gasteiger charge is -2.21. The zero-order valence-corrected chi connectivity index (χ0v) is 11.9. The quantitative estimate of drug-likeness (QED) is 0.637. The standard InChI is InChI=1S/C12H27NO2S/c1-5-7-8-9-16(14,15)10-12(11(3)4)13-6-2/h11-13H,5-10H2,1-4H3. The summed E-state index contributed by atoms with van der Waals surface area (Å²) in [5.41, 5.74) is 0. The Labute approximate surface area is 101 Å². The molecule has 0 rings (SSSR count). The summed E-state index contributed by atoms with van der Waals surface area (Å²) < 4.78 is 23.7. The molecule has 0 radical (unpaired) electrons. The molecule has 0 fully saturated rings. The average Bonchev–Trinajstić information content (AvgIpc) is 2.17. The van der Waals surface area contributed by atoms with Crippen molar-refractivity contribution in [3.05, 3.63) is 0 Å². The molecule has 1 N–H and O–H groups in total. The molecule has 0 spiro atoms. The van der Waals surface area contributed by atoms with Gasteiger partial charge in [-0.15, -0.1) is 0 Å². The fourth-order valence-electron chi connectivity index (χ4n) is 1.68. The lowest BCUT2D eigenvalue weighted by atomic mass is 10.1. The van der Waals surface area contributed by atoms with Crippen LogP contribution in [0.1, 0.15) is 47.0 Å². The molecule has 0 aromatic heterocycles. The largest absolute Gasteiger partial charge is 0.313 e. The molecule has 0 amide bonds. The van der Waals surface area contributed by atoms with Crippen LogP contribution in [-0.2, 0) is 9.84 Å². The van der Waals surface area contributed by atoms with Crippen molar-refractivity contribution < 1.29 is 8.42 Å². The first-order valence-electron chi connectivity index (χ1n) is 6.36. The summed E-state index contributed by atoms with van der Waals surface area (Å²) in [6.07, 6.45) is 2.87. The lowest BCUT2D eigenvalue weighted by Crippen LogP contribution is -2.40. The van der Waals surface area contributed by atoms with Crippen LogP contribution in [0.3, 0.4) is 0 Å². The number of nitrogens with one attached hydrogen (secondary N) is 1. The second-order valence-electron chi connectivity index (χ2n) is 4.73. The van der Waals surface area contributed by atoms with Crippen LogP contribution in [0, 0.1) is 5.92 Å². The van der Waals surface area contributed by atoms with E-state index in [1.54, 1.807) is 0 Å². The highest BCUT2D eigenvalue weighted by atomic mass is 32.2. The second kappa shape index (κ2) is 8.07. The van der Waals surface area contributed by atoms with Gasteiger partial charge in [0.05, 0.1) is 11.5 Å². The van der Waals surface area contributed by atoms with Gasteiger partial charge in [-0.2, -0.15) is 0 Å². The molecule has 98 valence electrons. The SMILES string of the molecule is CCCCCS(=O)(=O)CC(NCC)C(C)C. The van der Waals surface area contributed by atoms with Gasteiger partial charge in [0.2, 0.25) is 0 Å². The van der Waals surface area contributed by atoms with Crippen molar-refractivity contribution in [2.24, 2.45) is 5.92 Å². The van der Waals surface area contributed by atoms with Gasteiger partial charge >= 0.3 is 0 Å². The molecule has 0 aromatic rings.